The van der Waals surface area contributed by atoms with Crippen LogP contribution in [0.25, 0.3) is 5.57 Å². The van der Waals surface area contributed by atoms with E-state index in [4.69, 9.17) is 9.97 Å². The van der Waals surface area contributed by atoms with Gasteiger partial charge in [-0.05, 0) is 85.9 Å². The molecular formula is C30H38N4. The summed E-state index contributed by atoms with van der Waals surface area (Å²) in [7, 11) is 1.85. The molecule has 1 unspecified atom stereocenters. The van der Waals surface area contributed by atoms with E-state index in [-0.39, 0.29) is 5.41 Å². The Hall–Kier alpha value is -3.01. The lowest BCUT2D eigenvalue weighted by molar-refractivity contribution is 0.448. The van der Waals surface area contributed by atoms with Crippen LogP contribution in [0.1, 0.15) is 63.6 Å². The third-order valence-electron chi connectivity index (χ3n) is 7.36. The Morgan fingerprint density at radius 2 is 1.97 bits per heavy atom. The molecule has 1 atom stereocenters. The monoisotopic (exact) mass is 454 g/mol. The molecule has 4 rings (SSSR count). The standard InChI is InChI=1S/C30H38N4/c1-5-11-27-18-23(2)26(22-31-4)20-30(27,24(3)28-12-7-8-15-32-28)19-25-13-14-29(33-21-25)34-16-9-6-10-17-34/h7-8,12-15,18,21-22H,3,5-6,9-11,16-17,19-20H2,1-2,4H3. The molecule has 1 aliphatic carbocycles. The van der Waals surface area contributed by atoms with Crippen molar-refractivity contribution >= 4 is 17.6 Å². The first-order valence-corrected chi connectivity index (χ1v) is 12.7. The largest absolute Gasteiger partial charge is 0.357 e. The maximum Gasteiger partial charge on any atom is 0.128 e. The predicted octanol–water partition coefficient (Wildman–Crippen LogP) is 6.86. The number of anilines is 1. The van der Waals surface area contributed by atoms with Gasteiger partial charge >= 0.3 is 0 Å². The summed E-state index contributed by atoms with van der Waals surface area (Å²) in [6, 6.07) is 10.6. The summed E-state index contributed by atoms with van der Waals surface area (Å²) < 4.78 is 0. The van der Waals surface area contributed by atoms with Crippen LogP contribution < -0.4 is 4.90 Å². The van der Waals surface area contributed by atoms with Crippen LogP contribution in [-0.2, 0) is 6.42 Å². The van der Waals surface area contributed by atoms with Crippen LogP contribution >= 0.6 is 0 Å². The van der Waals surface area contributed by atoms with Crippen molar-refractivity contribution in [2.75, 3.05) is 25.0 Å². The molecule has 2 aliphatic rings. The first-order chi connectivity index (χ1) is 16.6. The molecule has 4 nitrogen and oxygen atoms in total. The minimum absolute atomic E-state index is 0.241. The molecule has 0 radical (unpaired) electrons. The molecule has 0 bridgehead atoms. The number of allylic oxidation sites excluding steroid dienone is 5. The number of hydrogen-bond acceptors (Lipinski definition) is 4. The number of piperidine rings is 1. The van der Waals surface area contributed by atoms with Crippen LogP contribution in [-0.4, -0.2) is 36.3 Å². The van der Waals surface area contributed by atoms with Crippen molar-refractivity contribution < 1.29 is 0 Å². The highest BCUT2D eigenvalue weighted by Crippen LogP contribution is 2.51. The van der Waals surface area contributed by atoms with E-state index in [0.717, 1.165) is 55.9 Å². The SMILES string of the molecule is C=C(c1ccccn1)C1(Cc2ccc(N3CCCCC3)nc2)CC(C=NC)=C(C)C=C1CCC. The smallest absolute Gasteiger partial charge is 0.128 e. The quantitative estimate of drug-likeness (QED) is 0.409. The Morgan fingerprint density at radius 1 is 1.15 bits per heavy atom. The lowest BCUT2D eigenvalue weighted by Crippen LogP contribution is -2.32. The van der Waals surface area contributed by atoms with E-state index >= 15 is 0 Å². The van der Waals surface area contributed by atoms with Crippen LogP contribution in [0.15, 0.2) is 77.1 Å². The first kappa shape index (κ1) is 24.1. The van der Waals surface area contributed by atoms with Gasteiger partial charge in [-0.15, -0.1) is 0 Å². The zero-order chi connectivity index (χ0) is 24.0. The highest BCUT2D eigenvalue weighted by atomic mass is 15.2. The van der Waals surface area contributed by atoms with Gasteiger partial charge in [-0.25, -0.2) is 4.98 Å². The van der Waals surface area contributed by atoms with E-state index in [2.05, 4.69) is 66.9 Å². The second kappa shape index (κ2) is 10.9. The fraction of sp³-hybridized carbons (Fsp3) is 0.433. The van der Waals surface area contributed by atoms with Crippen LogP contribution in [0.3, 0.4) is 0 Å². The molecule has 3 heterocycles. The topological polar surface area (TPSA) is 41.4 Å². The second-order valence-electron chi connectivity index (χ2n) is 9.72. The van der Waals surface area contributed by atoms with Crippen molar-refractivity contribution in [2.24, 2.45) is 10.4 Å². The van der Waals surface area contributed by atoms with E-state index in [1.165, 1.54) is 41.5 Å². The number of hydrogen-bond donors (Lipinski definition) is 0. The summed E-state index contributed by atoms with van der Waals surface area (Å²) in [5, 5.41) is 0. The van der Waals surface area contributed by atoms with Gasteiger partial charge < -0.3 is 4.90 Å². The minimum Gasteiger partial charge on any atom is -0.357 e. The van der Waals surface area contributed by atoms with Gasteiger partial charge in [0.05, 0.1) is 5.69 Å². The lowest BCUT2D eigenvalue weighted by Gasteiger charge is -2.42. The molecule has 0 N–H and O–H groups in total. The predicted molar refractivity (Wildman–Crippen MR) is 144 cm³/mol. The maximum atomic E-state index is 4.90. The second-order valence-corrected chi connectivity index (χ2v) is 9.72. The minimum atomic E-state index is -0.241. The normalized spacial score (nSPS) is 21.1. The molecular weight excluding hydrogens is 416 g/mol. The molecule has 0 aromatic carbocycles. The van der Waals surface area contributed by atoms with Gasteiger partial charge in [0, 0.05) is 44.2 Å². The van der Waals surface area contributed by atoms with Crippen LogP contribution in [0.5, 0.6) is 0 Å². The maximum absolute atomic E-state index is 4.90. The van der Waals surface area contributed by atoms with E-state index in [1.54, 1.807) is 0 Å². The summed E-state index contributed by atoms with van der Waals surface area (Å²) >= 11 is 0. The molecule has 0 spiro atoms. The van der Waals surface area contributed by atoms with Crippen molar-refractivity contribution in [1.29, 1.82) is 0 Å². The van der Waals surface area contributed by atoms with Crippen molar-refractivity contribution in [2.45, 2.75) is 58.8 Å². The van der Waals surface area contributed by atoms with E-state index in [9.17, 15) is 0 Å². The summed E-state index contributed by atoms with van der Waals surface area (Å²) in [5.74, 6) is 1.10. The molecule has 178 valence electrons. The zero-order valence-electron chi connectivity index (χ0n) is 21.1. The summed E-state index contributed by atoms with van der Waals surface area (Å²) in [6.45, 7) is 11.3. The van der Waals surface area contributed by atoms with Crippen molar-refractivity contribution in [3.63, 3.8) is 0 Å². The number of pyridine rings is 2. The molecule has 1 saturated heterocycles. The van der Waals surface area contributed by atoms with Crippen molar-refractivity contribution in [3.05, 3.63) is 83.4 Å². The number of nitrogens with zero attached hydrogens (tertiary/aromatic N) is 4. The highest BCUT2D eigenvalue weighted by molar-refractivity contribution is 5.84. The Kier molecular flexibility index (Phi) is 7.77. The lowest BCUT2D eigenvalue weighted by atomic mass is 9.62. The molecule has 2 aromatic heterocycles. The Morgan fingerprint density at radius 3 is 2.62 bits per heavy atom. The van der Waals surface area contributed by atoms with Gasteiger partial charge in [-0.1, -0.05) is 43.7 Å². The fourth-order valence-electron chi connectivity index (χ4n) is 5.50. The van der Waals surface area contributed by atoms with E-state index < -0.39 is 0 Å². The third kappa shape index (κ3) is 5.06. The molecule has 0 saturated carbocycles. The van der Waals surface area contributed by atoms with Gasteiger partial charge in [0.1, 0.15) is 5.82 Å². The van der Waals surface area contributed by atoms with E-state index in [0.29, 0.717) is 0 Å². The van der Waals surface area contributed by atoms with Gasteiger partial charge in [0.15, 0.2) is 0 Å². The summed E-state index contributed by atoms with van der Waals surface area (Å²) in [6.07, 6.45) is 16.1. The molecule has 2 aromatic rings. The summed E-state index contributed by atoms with van der Waals surface area (Å²) in [4.78, 5) is 16.4. The number of aromatic nitrogens is 2. The summed E-state index contributed by atoms with van der Waals surface area (Å²) in [5.41, 5.74) is 7.07. The number of rotatable bonds is 8. The van der Waals surface area contributed by atoms with Crippen molar-refractivity contribution in [1.82, 2.24) is 9.97 Å². The zero-order valence-corrected chi connectivity index (χ0v) is 21.1. The Balaban J connectivity index is 1.74. The molecule has 34 heavy (non-hydrogen) atoms. The third-order valence-corrected chi connectivity index (χ3v) is 7.36. The average Bonchev–Trinajstić information content (AvgIpc) is 2.88. The average molecular weight is 455 g/mol. The van der Waals surface area contributed by atoms with Crippen molar-refractivity contribution in [3.8, 4) is 0 Å². The number of aliphatic imine (C=N–C) groups is 1. The van der Waals surface area contributed by atoms with Crippen LogP contribution in [0, 0.1) is 5.41 Å². The van der Waals surface area contributed by atoms with Gasteiger partial charge in [-0.2, -0.15) is 0 Å². The fourth-order valence-corrected chi connectivity index (χ4v) is 5.50. The van der Waals surface area contributed by atoms with Gasteiger partial charge in [0.2, 0.25) is 0 Å². The molecule has 1 fully saturated rings. The van der Waals surface area contributed by atoms with Crippen LogP contribution in [0.4, 0.5) is 5.82 Å². The Labute approximate surface area is 205 Å². The van der Waals surface area contributed by atoms with Gasteiger partial charge in [0.25, 0.3) is 0 Å². The first-order valence-electron chi connectivity index (χ1n) is 12.7. The van der Waals surface area contributed by atoms with Crippen LogP contribution in [0.2, 0.25) is 0 Å². The molecule has 0 amide bonds. The Bertz CT molecular complexity index is 1070. The molecule has 1 aliphatic heterocycles. The molecule has 4 heteroatoms. The van der Waals surface area contributed by atoms with E-state index in [1.807, 2.05) is 25.5 Å². The van der Waals surface area contributed by atoms with Gasteiger partial charge in [-0.3, -0.25) is 9.98 Å². The highest BCUT2D eigenvalue weighted by Gasteiger charge is 2.41.